The van der Waals surface area contributed by atoms with Gasteiger partial charge in [0.2, 0.25) is 0 Å². The predicted molar refractivity (Wildman–Crippen MR) is 67.4 cm³/mol. The molecule has 0 saturated carbocycles. The summed E-state index contributed by atoms with van der Waals surface area (Å²) < 4.78 is 0. The van der Waals surface area contributed by atoms with Crippen LogP contribution in [0.25, 0.3) is 0 Å². The molecule has 0 fully saturated rings. The third kappa shape index (κ3) is 4.23. The van der Waals surface area contributed by atoms with E-state index in [9.17, 15) is 0 Å². The minimum atomic E-state index is 0.339. The Morgan fingerprint density at radius 3 is 2.67 bits per heavy atom. The normalized spacial score (nSPS) is 14.9. The summed E-state index contributed by atoms with van der Waals surface area (Å²) >= 11 is 5.95. The van der Waals surface area contributed by atoms with Crippen molar-refractivity contribution in [1.29, 1.82) is 0 Å². The summed E-state index contributed by atoms with van der Waals surface area (Å²) in [7, 11) is 0. The maximum atomic E-state index is 5.95. The molecule has 0 aliphatic carbocycles. The molecule has 0 aromatic heterocycles. The lowest BCUT2D eigenvalue weighted by Gasteiger charge is -2.14. The fourth-order valence-corrected chi connectivity index (χ4v) is 1.85. The smallest absolute Gasteiger partial charge is 0.0408 e. The molecule has 2 unspecified atom stereocenters. The van der Waals surface area contributed by atoms with Gasteiger partial charge >= 0.3 is 0 Å². The van der Waals surface area contributed by atoms with Crippen LogP contribution in [0.3, 0.4) is 0 Å². The van der Waals surface area contributed by atoms with Gasteiger partial charge in [-0.1, -0.05) is 37.6 Å². The zero-order valence-corrected chi connectivity index (χ0v) is 10.3. The van der Waals surface area contributed by atoms with Gasteiger partial charge in [0, 0.05) is 11.1 Å². The topological polar surface area (TPSA) is 26.0 Å². The molecule has 0 aliphatic heterocycles. The molecule has 1 aromatic carbocycles. The van der Waals surface area contributed by atoms with Crippen LogP contribution in [-0.4, -0.2) is 6.04 Å². The van der Waals surface area contributed by atoms with E-state index in [1.54, 1.807) is 0 Å². The molecule has 84 valence electrons. The van der Waals surface area contributed by atoms with Crippen molar-refractivity contribution in [3.05, 3.63) is 34.9 Å². The van der Waals surface area contributed by atoms with E-state index in [0.717, 1.165) is 24.3 Å². The van der Waals surface area contributed by atoms with Crippen molar-refractivity contribution in [2.75, 3.05) is 0 Å². The molecule has 1 nitrogen and oxygen atoms in total. The summed E-state index contributed by atoms with van der Waals surface area (Å²) in [6, 6.07) is 8.44. The fraction of sp³-hybridized carbons (Fsp3) is 0.538. The summed E-state index contributed by atoms with van der Waals surface area (Å²) in [6.45, 7) is 4.36. The van der Waals surface area contributed by atoms with E-state index in [1.165, 1.54) is 5.56 Å². The molecule has 0 amide bonds. The maximum absolute atomic E-state index is 5.95. The third-order valence-electron chi connectivity index (χ3n) is 2.91. The lowest BCUT2D eigenvalue weighted by Crippen LogP contribution is -2.18. The van der Waals surface area contributed by atoms with Crippen molar-refractivity contribution in [1.82, 2.24) is 0 Å². The SMILES string of the molecule is CCC(N)CCC(C)c1cccc(Cl)c1. The highest BCUT2D eigenvalue weighted by Gasteiger charge is 2.08. The van der Waals surface area contributed by atoms with Crippen molar-refractivity contribution < 1.29 is 0 Å². The molecule has 0 spiro atoms. The minimum absolute atomic E-state index is 0.339. The lowest BCUT2D eigenvalue weighted by molar-refractivity contribution is 0.530. The van der Waals surface area contributed by atoms with Crippen LogP contribution < -0.4 is 5.73 Å². The number of hydrogen-bond acceptors (Lipinski definition) is 1. The van der Waals surface area contributed by atoms with Gasteiger partial charge in [-0.2, -0.15) is 0 Å². The molecule has 0 heterocycles. The van der Waals surface area contributed by atoms with Crippen LogP contribution >= 0.6 is 11.6 Å². The molecule has 0 aliphatic rings. The van der Waals surface area contributed by atoms with Crippen LogP contribution in [0.2, 0.25) is 5.02 Å². The Morgan fingerprint density at radius 1 is 1.33 bits per heavy atom. The molecule has 1 rings (SSSR count). The van der Waals surface area contributed by atoms with Gasteiger partial charge in [0.05, 0.1) is 0 Å². The average Bonchev–Trinajstić information content (AvgIpc) is 2.25. The molecule has 2 atom stereocenters. The Bertz CT molecular complexity index is 298. The molecule has 0 bridgehead atoms. The van der Waals surface area contributed by atoms with Crippen molar-refractivity contribution in [2.24, 2.45) is 5.73 Å². The van der Waals surface area contributed by atoms with Crippen molar-refractivity contribution in [2.45, 2.75) is 45.1 Å². The average molecular weight is 226 g/mol. The zero-order valence-electron chi connectivity index (χ0n) is 9.54. The van der Waals surface area contributed by atoms with Crippen LogP contribution in [0.5, 0.6) is 0 Å². The molecular formula is C13H20ClN. The highest BCUT2D eigenvalue weighted by molar-refractivity contribution is 6.30. The van der Waals surface area contributed by atoms with E-state index >= 15 is 0 Å². The van der Waals surface area contributed by atoms with Crippen LogP contribution in [-0.2, 0) is 0 Å². The Hall–Kier alpha value is -0.530. The van der Waals surface area contributed by atoms with E-state index in [-0.39, 0.29) is 0 Å². The monoisotopic (exact) mass is 225 g/mol. The van der Waals surface area contributed by atoms with Gasteiger partial charge in [0.15, 0.2) is 0 Å². The number of halogens is 1. The molecule has 2 N–H and O–H groups in total. The Kier molecular flexibility index (Phi) is 5.13. The van der Waals surface area contributed by atoms with E-state index in [2.05, 4.69) is 19.9 Å². The standard InChI is InChI=1S/C13H20ClN/c1-3-13(15)8-7-10(2)11-5-4-6-12(14)9-11/h4-6,9-10,13H,3,7-8,15H2,1-2H3. The number of rotatable bonds is 5. The summed E-state index contributed by atoms with van der Waals surface area (Å²) in [5.74, 6) is 0.543. The molecule has 0 saturated heterocycles. The molecule has 1 aromatic rings. The first-order valence-electron chi connectivity index (χ1n) is 5.64. The van der Waals surface area contributed by atoms with Crippen LogP contribution in [0.4, 0.5) is 0 Å². The van der Waals surface area contributed by atoms with Crippen molar-refractivity contribution in [3.8, 4) is 0 Å². The van der Waals surface area contributed by atoms with Crippen molar-refractivity contribution in [3.63, 3.8) is 0 Å². The minimum Gasteiger partial charge on any atom is -0.328 e. The largest absolute Gasteiger partial charge is 0.328 e. The van der Waals surface area contributed by atoms with Gasteiger partial charge in [-0.15, -0.1) is 0 Å². The summed E-state index contributed by atoms with van der Waals surface area (Å²) in [6.07, 6.45) is 3.28. The third-order valence-corrected chi connectivity index (χ3v) is 3.15. The molecule has 0 radical (unpaired) electrons. The van der Waals surface area contributed by atoms with Gasteiger partial charge in [-0.3, -0.25) is 0 Å². The first kappa shape index (κ1) is 12.5. The molecule has 15 heavy (non-hydrogen) atoms. The second-order valence-electron chi connectivity index (χ2n) is 4.20. The number of benzene rings is 1. The number of hydrogen-bond donors (Lipinski definition) is 1. The van der Waals surface area contributed by atoms with Gasteiger partial charge in [-0.05, 0) is 42.9 Å². The van der Waals surface area contributed by atoms with Gasteiger partial charge in [0.1, 0.15) is 0 Å². The van der Waals surface area contributed by atoms with E-state index in [0.29, 0.717) is 12.0 Å². The van der Waals surface area contributed by atoms with Crippen LogP contribution in [0, 0.1) is 0 Å². The summed E-state index contributed by atoms with van der Waals surface area (Å²) in [5, 5.41) is 0.819. The first-order chi connectivity index (χ1) is 7.13. The first-order valence-corrected chi connectivity index (χ1v) is 6.02. The predicted octanol–water partition coefficient (Wildman–Crippen LogP) is 3.96. The molecule has 2 heteroatoms. The Balaban J connectivity index is 2.50. The van der Waals surface area contributed by atoms with Gasteiger partial charge in [-0.25, -0.2) is 0 Å². The van der Waals surface area contributed by atoms with E-state index in [4.69, 9.17) is 17.3 Å². The maximum Gasteiger partial charge on any atom is 0.0408 e. The second kappa shape index (κ2) is 6.14. The summed E-state index contributed by atoms with van der Waals surface area (Å²) in [4.78, 5) is 0. The van der Waals surface area contributed by atoms with E-state index in [1.807, 2.05) is 18.2 Å². The van der Waals surface area contributed by atoms with Crippen molar-refractivity contribution >= 4 is 11.6 Å². The van der Waals surface area contributed by atoms with E-state index < -0.39 is 0 Å². The zero-order chi connectivity index (χ0) is 11.3. The Labute approximate surface area is 97.6 Å². The fourth-order valence-electron chi connectivity index (χ4n) is 1.65. The van der Waals surface area contributed by atoms with Crippen LogP contribution in [0.15, 0.2) is 24.3 Å². The van der Waals surface area contributed by atoms with Gasteiger partial charge < -0.3 is 5.73 Å². The number of nitrogens with two attached hydrogens (primary N) is 1. The quantitative estimate of drug-likeness (QED) is 0.807. The highest BCUT2D eigenvalue weighted by Crippen LogP contribution is 2.23. The second-order valence-corrected chi connectivity index (χ2v) is 4.64. The highest BCUT2D eigenvalue weighted by atomic mass is 35.5. The summed E-state index contributed by atoms with van der Waals surface area (Å²) in [5.41, 5.74) is 7.21. The van der Waals surface area contributed by atoms with Gasteiger partial charge in [0.25, 0.3) is 0 Å². The lowest BCUT2D eigenvalue weighted by atomic mass is 9.94. The van der Waals surface area contributed by atoms with Crippen LogP contribution in [0.1, 0.15) is 44.6 Å². The molecular weight excluding hydrogens is 206 g/mol. The Morgan fingerprint density at radius 2 is 2.07 bits per heavy atom.